The molecule has 0 amide bonds. The molecule has 0 radical (unpaired) electrons. The second kappa shape index (κ2) is 11.8. The van der Waals surface area contributed by atoms with E-state index in [9.17, 15) is 0 Å². The van der Waals surface area contributed by atoms with E-state index in [4.69, 9.17) is 0 Å². The van der Waals surface area contributed by atoms with E-state index in [1.54, 1.807) is 23.3 Å². The monoisotopic (exact) mass is 589 g/mol. The largest absolute Gasteiger partial charge is 0.147 e. The maximum atomic E-state index is 4.02. The summed E-state index contributed by atoms with van der Waals surface area (Å²) in [5.41, 5.74) is 7.32. The summed E-state index contributed by atoms with van der Waals surface area (Å²) < 4.78 is 0. The average molecular weight is 592 g/mol. The van der Waals surface area contributed by atoms with Crippen LogP contribution in [0.5, 0.6) is 0 Å². The third kappa shape index (κ3) is 6.29. The summed E-state index contributed by atoms with van der Waals surface area (Å²) in [6.07, 6.45) is 18.0. The first-order valence-corrected chi connectivity index (χ1v) is 18.1. The minimum absolute atomic E-state index is 0. The smallest absolute Gasteiger partial charge is 0.147 e. The zero-order chi connectivity index (χ0) is 23.9. The summed E-state index contributed by atoms with van der Waals surface area (Å²) in [5.74, 6) is 0. The van der Waals surface area contributed by atoms with Gasteiger partial charge in [0.1, 0.15) is 0 Å². The molecule has 4 heteroatoms. The minimum atomic E-state index is -0.147. The number of halogens is 2. The molecule has 0 fully saturated rings. The summed E-state index contributed by atoms with van der Waals surface area (Å²) in [4.78, 5) is 0. The predicted molar refractivity (Wildman–Crippen MR) is 153 cm³/mol. The van der Waals surface area contributed by atoms with Gasteiger partial charge < -0.3 is 0 Å². The average Bonchev–Trinajstić information content (AvgIpc) is 3.28. The molecule has 34 heavy (non-hydrogen) atoms. The number of benzene rings is 1. The first-order chi connectivity index (χ1) is 14.8. The van der Waals surface area contributed by atoms with Gasteiger partial charge in [-0.1, -0.05) is 101 Å². The van der Waals surface area contributed by atoms with Crippen LogP contribution in [0.15, 0.2) is 59.2 Å². The van der Waals surface area contributed by atoms with Crippen LogP contribution in [0.3, 0.4) is 0 Å². The number of hydrogen-bond donors (Lipinski definition) is 0. The zero-order valence-electron chi connectivity index (χ0n) is 22.3. The molecule has 184 valence electrons. The van der Waals surface area contributed by atoms with Gasteiger partial charge in [0.15, 0.2) is 0 Å². The van der Waals surface area contributed by atoms with E-state index in [0.29, 0.717) is 0 Å². The molecule has 3 aliphatic rings. The van der Waals surface area contributed by atoms with Crippen LogP contribution < -0.4 is 10.4 Å². The number of fused-ring (bicyclic) bond motifs is 2. The molecule has 0 nitrogen and oxygen atoms in total. The van der Waals surface area contributed by atoms with Gasteiger partial charge in [0.2, 0.25) is 0 Å². The Kier molecular flexibility index (Phi) is 10.9. The molecule has 1 aromatic rings. The Hall–Kier alpha value is -0.400. The Morgan fingerprint density at radius 3 is 2.18 bits per heavy atom. The number of allylic oxidation sites excluding steroid dienone is 8. The van der Waals surface area contributed by atoms with E-state index in [-0.39, 0.29) is 46.5 Å². The summed E-state index contributed by atoms with van der Waals surface area (Å²) in [6, 6.07) is 6.97. The molecule has 1 atom stereocenters. The Bertz CT molecular complexity index is 1180. The molecule has 0 aliphatic heterocycles. The van der Waals surface area contributed by atoms with Gasteiger partial charge in [-0.05, 0) is 40.2 Å². The molecule has 4 rings (SSSR count). The number of hydrogen-bond acceptors (Lipinski definition) is 0. The van der Waals surface area contributed by atoms with Crippen LogP contribution in [0.2, 0.25) is 13.1 Å². The Morgan fingerprint density at radius 1 is 1.03 bits per heavy atom. The second-order valence-corrected chi connectivity index (χ2v) is 20.9. The van der Waals surface area contributed by atoms with Gasteiger partial charge in [0, 0.05) is 0 Å². The van der Waals surface area contributed by atoms with Crippen molar-refractivity contribution in [2.45, 2.75) is 79.8 Å². The molecular formula is C30H41Cl2SiZr-. The van der Waals surface area contributed by atoms with E-state index in [1.165, 1.54) is 38.3 Å². The van der Waals surface area contributed by atoms with Crippen LogP contribution in [-0.4, -0.2) is 5.43 Å². The third-order valence-electron chi connectivity index (χ3n) is 6.70. The van der Waals surface area contributed by atoms with Crippen LogP contribution in [0.1, 0.15) is 66.9 Å². The van der Waals surface area contributed by atoms with Crippen LogP contribution >= 0.6 is 24.8 Å². The van der Waals surface area contributed by atoms with Gasteiger partial charge in [-0.25, -0.2) is 0 Å². The Balaban J connectivity index is 0.000000895. The SMILES string of the molecule is CCC1=C(C2(C(C)(C)C)[C-]=C3C=c4cc(C(C)(C)C)ccc4=C3C=C2)CC=C1.C[Si](C)=[Zr].Cl.Cl. The first-order valence-electron chi connectivity index (χ1n) is 11.9. The summed E-state index contributed by atoms with van der Waals surface area (Å²) in [6.45, 7) is 20.8. The fourth-order valence-electron chi connectivity index (χ4n) is 4.88. The molecule has 0 heterocycles. The molecular weight excluding hydrogens is 551 g/mol. The third-order valence-corrected chi connectivity index (χ3v) is 6.70. The van der Waals surface area contributed by atoms with E-state index >= 15 is 0 Å². The predicted octanol–water partition coefficient (Wildman–Crippen LogP) is 7.56. The van der Waals surface area contributed by atoms with E-state index < -0.39 is 0 Å². The summed E-state index contributed by atoms with van der Waals surface area (Å²) >= 11 is 1.74. The quantitative estimate of drug-likeness (QED) is 0.246. The van der Waals surface area contributed by atoms with Gasteiger partial charge in [0.25, 0.3) is 0 Å². The van der Waals surface area contributed by atoms with Crippen LogP contribution in [-0.2, 0) is 28.8 Å². The van der Waals surface area contributed by atoms with Crippen molar-refractivity contribution in [2.24, 2.45) is 10.8 Å². The molecule has 0 spiro atoms. The molecule has 1 unspecified atom stereocenters. The summed E-state index contributed by atoms with van der Waals surface area (Å²) in [7, 11) is 0. The van der Waals surface area contributed by atoms with E-state index in [1.807, 2.05) is 0 Å². The Labute approximate surface area is 235 Å². The van der Waals surface area contributed by atoms with Gasteiger partial charge in [-0.2, -0.15) is 17.7 Å². The van der Waals surface area contributed by atoms with Gasteiger partial charge in [-0.3, -0.25) is 0 Å². The Morgan fingerprint density at radius 2 is 1.65 bits per heavy atom. The van der Waals surface area contributed by atoms with Gasteiger partial charge >= 0.3 is 41.9 Å². The molecule has 0 N–H and O–H groups in total. The topological polar surface area (TPSA) is 0 Å². The number of rotatable bonds is 2. The van der Waals surface area contributed by atoms with Gasteiger partial charge in [0.05, 0.1) is 0 Å². The van der Waals surface area contributed by atoms with Crippen molar-refractivity contribution >= 4 is 41.9 Å². The fourth-order valence-corrected chi connectivity index (χ4v) is 4.88. The van der Waals surface area contributed by atoms with Crippen molar-refractivity contribution in [1.82, 2.24) is 0 Å². The molecule has 0 aromatic heterocycles. The van der Waals surface area contributed by atoms with Crippen molar-refractivity contribution in [1.29, 1.82) is 0 Å². The van der Waals surface area contributed by atoms with Crippen molar-refractivity contribution < 1.29 is 23.3 Å². The van der Waals surface area contributed by atoms with Crippen molar-refractivity contribution in [2.75, 3.05) is 0 Å². The summed E-state index contributed by atoms with van der Waals surface area (Å²) in [5, 5.41) is 2.69. The van der Waals surface area contributed by atoms with Crippen molar-refractivity contribution in [3.63, 3.8) is 0 Å². The molecule has 0 saturated carbocycles. The fraction of sp³-hybridized carbons (Fsp3) is 0.467. The zero-order valence-corrected chi connectivity index (χ0v) is 27.4. The van der Waals surface area contributed by atoms with Crippen LogP contribution in [0.4, 0.5) is 0 Å². The van der Waals surface area contributed by atoms with Crippen molar-refractivity contribution in [3.8, 4) is 0 Å². The van der Waals surface area contributed by atoms with E-state index in [0.717, 1.165) is 12.8 Å². The standard InChI is InChI=1S/C28H33.C2H6Si.2ClH.Zr/c1-8-19-10-9-11-25(19)28(27(5,6)7)15-14-24-21(18-28)16-20-17-22(26(2,3)4)12-13-23(20)24;1-3-2;;;/h9-10,12-17H,8,11H2,1-7H3;1-2H3;2*1H;/q-1;;;;. The molecule has 3 aliphatic carbocycles. The van der Waals surface area contributed by atoms with Gasteiger partial charge in [-0.15, -0.1) is 36.5 Å². The molecule has 0 bridgehead atoms. The normalized spacial score (nSPS) is 20.2. The maximum absolute atomic E-state index is 4.02. The second-order valence-electron chi connectivity index (χ2n) is 11.5. The first kappa shape index (κ1) is 31.6. The van der Waals surface area contributed by atoms with E-state index in [2.05, 4.69) is 116 Å². The molecule has 1 aromatic carbocycles. The maximum Gasteiger partial charge on any atom is -0.147 e. The minimum Gasteiger partial charge on any atom is -0.147 e. The van der Waals surface area contributed by atoms with Crippen LogP contribution in [0.25, 0.3) is 11.6 Å². The molecule has 0 saturated heterocycles. The van der Waals surface area contributed by atoms with Crippen molar-refractivity contribution in [3.05, 3.63) is 81.3 Å². The van der Waals surface area contributed by atoms with Crippen LogP contribution in [0, 0.1) is 16.9 Å².